The fourth-order valence-corrected chi connectivity index (χ4v) is 4.79. The third kappa shape index (κ3) is 3.97. The first-order valence-corrected chi connectivity index (χ1v) is 8.90. The van der Waals surface area contributed by atoms with Gasteiger partial charge in [0.05, 0.1) is 17.2 Å². The van der Waals surface area contributed by atoms with E-state index in [4.69, 9.17) is 4.98 Å². The molecule has 1 heterocycles. The molecule has 1 fully saturated rings. The lowest BCUT2D eigenvalue weighted by Gasteiger charge is -2.20. The van der Waals surface area contributed by atoms with Crippen molar-refractivity contribution < 1.29 is 5.11 Å². The number of nitrogens with zero attached hydrogens (tertiary/aromatic N) is 1. The van der Waals surface area contributed by atoms with Gasteiger partial charge in [-0.2, -0.15) is 11.8 Å². The predicted molar refractivity (Wildman–Crippen MR) is 80.2 cm³/mol. The van der Waals surface area contributed by atoms with Crippen LogP contribution in [-0.2, 0) is 18.8 Å². The highest BCUT2D eigenvalue weighted by atomic mass is 32.2. The SMILES string of the molecule is CCCc1nc(CSC2CCCCC2)sc1CO. The zero-order chi connectivity index (χ0) is 12.8. The molecular formula is C14H23NOS2. The molecule has 2 nitrogen and oxygen atoms in total. The van der Waals surface area contributed by atoms with Crippen molar-refractivity contribution in [2.24, 2.45) is 0 Å². The van der Waals surface area contributed by atoms with Gasteiger partial charge in [0.2, 0.25) is 0 Å². The van der Waals surface area contributed by atoms with Crippen molar-refractivity contribution in [3.8, 4) is 0 Å². The Morgan fingerprint density at radius 1 is 1.33 bits per heavy atom. The standard InChI is InChI=1S/C14H23NOS2/c1-2-6-12-13(9-16)18-14(15-12)10-17-11-7-4-3-5-8-11/h11,16H,2-10H2,1H3. The zero-order valence-electron chi connectivity index (χ0n) is 11.2. The molecule has 0 aliphatic heterocycles. The topological polar surface area (TPSA) is 33.1 Å². The van der Waals surface area contributed by atoms with Gasteiger partial charge in [-0.15, -0.1) is 11.3 Å². The molecule has 0 radical (unpaired) electrons. The number of aryl methyl sites for hydroxylation is 1. The molecule has 0 atom stereocenters. The molecule has 1 N–H and O–H groups in total. The van der Waals surface area contributed by atoms with Crippen LogP contribution in [0.2, 0.25) is 0 Å². The predicted octanol–water partition coefficient (Wildman–Crippen LogP) is 4.15. The van der Waals surface area contributed by atoms with E-state index in [9.17, 15) is 5.11 Å². The molecule has 2 rings (SSSR count). The largest absolute Gasteiger partial charge is 0.391 e. The zero-order valence-corrected chi connectivity index (χ0v) is 12.8. The maximum absolute atomic E-state index is 9.34. The minimum Gasteiger partial charge on any atom is -0.391 e. The maximum atomic E-state index is 9.34. The molecule has 18 heavy (non-hydrogen) atoms. The van der Waals surface area contributed by atoms with Crippen LogP contribution in [-0.4, -0.2) is 15.3 Å². The van der Waals surface area contributed by atoms with Crippen LogP contribution in [0, 0.1) is 0 Å². The lowest BCUT2D eigenvalue weighted by atomic mass is 10.0. The summed E-state index contributed by atoms with van der Waals surface area (Å²) in [4.78, 5) is 5.77. The number of thioether (sulfide) groups is 1. The van der Waals surface area contributed by atoms with Crippen LogP contribution in [0.4, 0.5) is 0 Å². The lowest BCUT2D eigenvalue weighted by molar-refractivity contribution is 0.284. The van der Waals surface area contributed by atoms with Gasteiger partial charge in [0.15, 0.2) is 0 Å². The van der Waals surface area contributed by atoms with Crippen LogP contribution in [0.1, 0.15) is 61.0 Å². The summed E-state index contributed by atoms with van der Waals surface area (Å²) in [6.07, 6.45) is 9.09. The fraction of sp³-hybridized carbons (Fsp3) is 0.786. The van der Waals surface area contributed by atoms with Gasteiger partial charge < -0.3 is 5.11 Å². The monoisotopic (exact) mass is 285 g/mol. The van der Waals surface area contributed by atoms with Gasteiger partial charge in [-0.05, 0) is 19.3 Å². The number of hydrogen-bond donors (Lipinski definition) is 1. The van der Waals surface area contributed by atoms with Crippen molar-refractivity contribution in [2.45, 2.75) is 69.5 Å². The first-order valence-electron chi connectivity index (χ1n) is 7.03. The molecule has 0 spiro atoms. The van der Waals surface area contributed by atoms with Crippen LogP contribution >= 0.6 is 23.1 Å². The molecule has 1 aromatic heterocycles. The molecule has 0 saturated heterocycles. The Bertz CT molecular complexity index is 359. The van der Waals surface area contributed by atoms with Crippen LogP contribution in [0.25, 0.3) is 0 Å². The van der Waals surface area contributed by atoms with Gasteiger partial charge in [0.25, 0.3) is 0 Å². The van der Waals surface area contributed by atoms with E-state index in [1.165, 1.54) is 37.1 Å². The fourth-order valence-electron chi connectivity index (χ4n) is 2.48. The molecule has 4 heteroatoms. The molecule has 0 amide bonds. The molecule has 1 aliphatic rings. The second-order valence-electron chi connectivity index (χ2n) is 4.96. The van der Waals surface area contributed by atoms with Crippen LogP contribution < -0.4 is 0 Å². The highest BCUT2D eigenvalue weighted by Crippen LogP contribution is 2.32. The lowest BCUT2D eigenvalue weighted by Crippen LogP contribution is -2.08. The van der Waals surface area contributed by atoms with Gasteiger partial charge in [-0.25, -0.2) is 4.98 Å². The van der Waals surface area contributed by atoms with Gasteiger partial charge in [-0.3, -0.25) is 0 Å². The van der Waals surface area contributed by atoms with E-state index >= 15 is 0 Å². The van der Waals surface area contributed by atoms with Crippen molar-refractivity contribution in [1.29, 1.82) is 0 Å². The van der Waals surface area contributed by atoms with E-state index in [1.54, 1.807) is 11.3 Å². The number of rotatable bonds is 6. The van der Waals surface area contributed by atoms with Crippen molar-refractivity contribution in [1.82, 2.24) is 4.98 Å². The van der Waals surface area contributed by atoms with E-state index in [2.05, 4.69) is 18.7 Å². The first kappa shape index (κ1) is 14.4. The van der Waals surface area contributed by atoms with Crippen molar-refractivity contribution in [3.05, 3.63) is 15.6 Å². The molecule has 1 aromatic rings. The maximum Gasteiger partial charge on any atom is 0.103 e. The Balaban J connectivity index is 1.88. The Labute approximate surface area is 118 Å². The van der Waals surface area contributed by atoms with E-state index < -0.39 is 0 Å². The van der Waals surface area contributed by atoms with Gasteiger partial charge in [-0.1, -0.05) is 32.6 Å². The third-order valence-corrected chi connectivity index (χ3v) is 6.10. The number of aliphatic hydroxyl groups excluding tert-OH is 1. The molecule has 0 aromatic carbocycles. The first-order chi connectivity index (χ1) is 8.83. The summed E-state index contributed by atoms with van der Waals surface area (Å²) in [7, 11) is 0. The highest BCUT2D eigenvalue weighted by Gasteiger charge is 2.15. The molecule has 0 bridgehead atoms. The molecule has 1 aliphatic carbocycles. The molecular weight excluding hydrogens is 262 g/mol. The highest BCUT2D eigenvalue weighted by molar-refractivity contribution is 7.99. The van der Waals surface area contributed by atoms with Crippen LogP contribution in [0.3, 0.4) is 0 Å². The van der Waals surface area contributed by atoms with Crippen LogP contribution in [0.5, 0.6) is 0 Å². The molecule has 0 unspecified atom stereocenters. The van der Waals surface area contributed by atoms with Crippen molar-refractivity contribution in [3.63, 3.8) is 0 Å². The minimum atomic E-state index is 0.154. The summed E-state index contributed by atoms with van der Waals surface area (Å²) in [6.45, 7) is 2.32. The minimum absolute atomic E-state index is 0.154. The summed E-state index contributed by atoms with van der Waals surface area (Å²) in [5, 5.41) is 11.4. The van der Waals surface area contributed by atoms with Gasteiger partial charge in [0.1, 0.15) is 5.01 Å². The summed E-state index contributed by atoms with van der Waals surface area (Å²) in [6, 6.07) is 0. The second-order valence-corrected chi connectivity index (χ2v) is 7.41. The number of hydrogen-bond acceptors (Lipinski definition) is 4. The Hall–Kier alpha value is -0.0600. The summed E-state index contributed by atoms with van der Waals surface area (Å²) in [5.74, 6) is 1.03. The van der Waals surface area contributed by atoms with Gasteiger partial charge in [0, 0.05) is 11.0 Å². The smallest absolute Gasteiger partial charge is 0.103 e. The van der Waals surface area contributed by atoms with Crippen molar-refractivity contribution >= 4 is 23.1 Å². The summed E-state index contributed by atoms with van der Waals surface area (Å²) < 4.78 is 0. The Morgan fingerprint density at radius 2 is 2.11 bits per heavy atom. The van der Waals surface area contributed by atoms with Gasteiger partial charge >= 0.3 is 0 Å². The number of aliphatic hydroxyl groups is 1. The Morgan fingerprint density at radius 3 is 2.78 bits per heavy atom. The summed E-state index contributed by atoms with van der Waals surface area (Å²) in [5.41, 5.74) is 1.13. The van der Waals surface area contributed by atoms with E-state index in [1.807, 2.05) is 0 Å². The second kappa shape index (κ2) is 7.51. The normalized spacial score (nSPS) is 17.2. The third-order valence-electron chi connectivity index (χ3n) is 3.45. The molecule has 1 saturated carbocycles. The van der Waals surface area contributed by atoms with E-state index in [-0.39, 0.29) is 6.61 Å². The molecule has 102 valence electrons. The summed E-state index contributed by atoms with van der Waals surface area (Å²) >= 11 is 3.77. The number of thiazole rings is 1. The Kier molecular flexibility index (Phi) is 5.99. The number of aromatic nitrogens is 1. The van der Waals surface area contributed by atoms with Crippen molar-refractivity contribution in [2.75, 3.05) is 0 Å². The van der Waals surface area contributed by atoms with E-state index in [0.717, 1.165) is 34.4 Å². The average molecular weight is 285 g/mol. The van der Waals surface area contributed by atoms with E-state index in [0.29, 0.717) is 0 Å². The average Bonchev–Trinajstić information content (AvgIpc) is 2.80. The quantitative estimate of drug-likeness (QED) is 0.852. The van der Waals surface area contributed by atoms with Crippen LogP contribution in [0.15, 0.2) is 0 Å².